The zero-order valence-corrected chi connectivity index (χ0v) is 9.01. The average Bonchev–Trinajstić information content (AvgIpc) is 2.48. The van der Waals surface area contributed by atoms with E-state index in [-0.39, 0.29) is 4.88 Å². The Kier molecular flexibility index (Phi) is 3.79. The summed E-state index contributed by atoms with van der Waals surface area (Å²) in [5.74, 6) is -3.54. The smallest absolute Gasteiger partial charge is 0.170 e. The summed E-state index contributed by atoms with van der Waals surface area (Å²) in [4.78, 5) is -0.152. The van der Waals surface area contributed by atoms with Crippen LogP contribution in [0.25, 0.3) is 0 Å². The van der Waals surface area contributed by atoms with Gasteiger partial charge in [-0.15, -0.1) is 22.9 Å². The Labute approximate surface area is 95.8 Å². The van der Waals surface area contributed by atoms with Crippen molar-refractivity contribution >= 4 is 22.9 Å². The minimum atomic E-state index is -5.41. The maximum absolute atomic E-state index is 12.3. The number of hydrogen-bond donors (Lipinski definition) is 0. The minimum Gasteiger partial charge on any atom is -0.170 e. The van der Waals surface area contributed by atoms with Crippen LogP contribution in [0.2, 0.25) is 0 Å². The molecule has 0 nitrogen and oxygen atoms in total. The van der Waals surface area contributed by atoms with Gasteiger partial charge in [0.2, 0.25) is 0 Å². The second kappa shape index (κ2) is 4.44. The molecular formula is C8H5ClF6S. The highest BCUT2D eigenvalue weighted by molar-refractivity contribution is 7.10. The second-order valence-corrected chi connectivity index (χ2v) is 4.43. The van der Waals surface area contributed by atoms with Gasteiger partial charge in [0.1, 0.15) is 0 Å². The fraction of sp³-hybridized carbons (Fsp3) is 0.500. The van der Waals surface area contributed by atoms with Gasteiger partial charge < -0.3 is 0 Å². The molecule has 0 amide bonds. The van der Waals surface area contributed by atoms with Crippen LogP contribution < -0.4 is 0 Å². The zero-order chi connectivity index (χ0) is 12.6. The molecule has 0 spiro atoms. The quantitative estimate of drug-likeness (QED) is 0.541. The van der Waals surface area contributed by atoms with Gasteiger partial charge in [-0.2, -0.15) is 26.3 Å². The standard InChI is InChI=1S/C8H5ClF6S/c9-5(4-2-1-3-16-4)6(7(10,11)12)8(13,14)15/h1-3,5-6H. The molecule has 0 aliphatic rings. The van der Waals surface area contributed by atoms with E-state index in [0.717, 1.165) is 17.4 Å². The average molecular weight is 283 g/mol. The monoisotopic (exact) mass is 282 g/mol. The van der Waals surface area contributed by atoms with Crippen LogP contribution in [0.3, 0.4) is 0 Å². The summed E-state index contributed by atoms with van der Waals surface area (Å²) < 4.78 is 73.6. The molecule has 1 aromatic heterocycles. The fourth-order valence-electron chi connectivity index (χ4n) is 1.13. The molecule has 0 fully saturated rings. The summed E-state index contributed by atoms with van der Waals surface area (Å²) in [6.45, 7) is 0. The maximum atomic E-state index is 12.3. The molecule has 1 atom stereocenters. The van der Waals surface area contributed by atoms with Crippen LogP contribution >= 0.6 is 22.9 Å². The lowest BCUT2D eigenvalue weighted by molar-refractivity contribution is -0.284. The molecule has 1 rings (SSSR count). The summed E-state index contributed by atoms with van der Waals surface area (Å²) in [7, 11) is 0. The first-order chi connectivity index (χ1) is 7.14. The Morgan fingerprint density at radius 3 is 1.88 bits per heavy atom. The molecule has 1 unspecified atom stereocenters. The van der Waals surface area contributed by atoms with Crippen molar-refractivity contribution in [3.05, 3.63) is 22.4 Å². The molecule has 0 aromatic carbocycles. The first kappa shape index (κ1) is 13.6. The van der Waals surface area contributed by atoms with Gasteiger partial charge in [0.25, 0.3) is 0 Å². The van der Waals surface area contributed by atoms with E-state index >= 15 is 0 Å². The van der Waals surface area contributed by atoms with Crippen molar-refractivity contribution in [1.29, 1.82) is 0 Å². The van der Waals surface area contributed by atoms with E-state index in [0.29, 0.717) is 0 Å². The SMILES string of the molecule is FC(F)(F)C(C(Cl)c1cccs1)C(F)(F)F. The number of hydrogen-bond acceptors (Lipinski definition) is 1. The molecule has 0 radical (unpaired) electrons. The van der Waals surface area contributed by atoms with Crippen molar-refractivity contribution in [1.82, 2.24) is 0 Å². The van der Waals surface area contributed by atoms with E-state index in [1.54, 1.807) is 0 Å². The van der Waals surface area contributed by atoms with Crippen molar-refractivity contribution in [2.45, 2.75) is 17.7 Å². The summed E-state index contributed by atoms with van der Waals surface area (Å²) in [5.41, 5.74) is 0. The van der Waals surface area contributed by atoms with E-state index in [9.17, 15) is 26.3 Å². The molecule has 0 saturated heterocycles. The van der Waals surface area contributed by atoms with Crippen LogP contribution in [-0.2, 0) is 0 Å². The number of rotatable bonds is 2. The largest absolute Gasteiger partial charge is 0.402 e. The molecule has 8 heteroatoms. The molecule has 0 aliphatic heterocycles. The Bertz CT molecular complexity index is 313. The molecule has 16 heavy (non-hydrogen) atoms. The van der Waals surface area contributed by atoms with Gasteiger partial charge in [0.05, 0.1) is 5.38 Å². The van der Waals surface area contributed by atoms with Crippen LogP contribution in [0.5, 0.6) is 0 Å². The molecule has 92 valence electrons. The second-order valence-electron chi connectivity index (χ2n) is 2.98. The third kappa shape index (κ3) is 3.04. The third-order valence-corrected chi connectivity index (χ3v) is 3.38. The Morgan fingerprint density at radius 1 is 1.06 bits per heavy atom. The van der Waals surface area contributed by atoms with Crippen molar-refractivity contribution in [2.24, 2.45) is 5.92 Å². The molecule has 0 bridgehead atoms. The van der Waals surface area contributed by atoms with Gasteiger partial charge in [-0.3, -0.25) is 0 Å². The predicted octanol–water partition coefficient (Wildman–Crippen LogP) is 4.77. The van der Waals surface area contributed by atoms with E-state index in [2.05, 4.69) is 0 Å². The highest BCUT2D eigenvalue weighted by atomic mass is 35.5. The first-order valence-corrected chi connectivity index (χ1v) is 5.26. The Morgan fingerprint density at radius 2 is 1.56 bits per heavy atom. The van der Waals surface area contributed by atoms with E-state index < -0.39 is 23.6 Å². The summed E-state index contributed by atoms with van der Waals surface area (Å²) in [6.07, 6.45) is -10.8. The van der Waals surface area contributed by atoms with Gasteiger partial charge in [-0.05, 0) is 11.4 Å². The summed E-state index contributed by atoms with van der Waals surface area (Å²) >= 11 is 6.01. The highest BCUT2D eigenvalue weighted by Crippen LogP contribution is 2.49. The van der Waals surface area contributed by atoms with Crippen LogP contribution in [0.4, 0.5) is 26.3 Å². The Balaban J connectivity index is 3.04. The topological polar surface area (TPSA) is 0 Å². The van der Waals surface area contributed by atoms with Gasteiger partial charge in [0.15, 0.2) is 5.92 Å². The molecule has 0 saturated carbocycles. The van der Waals surface area contributed by atoms with Gasteiger partial charge >= 0.3 is 12.4 Å². The Hall–Kier alpha value is -0.430. The molecule has 1 aromatic rings. The number of thiophene rings is 1. The maximum Gasteiger partial charge on any atom is 0.402 e. The number of alkyl halides is 7. The lowest BCUT2D eigenvalue weighted by Crippen LogP contribution is -2.39. The van der Waals surface area contributed by atoms with Crippen LogP contribution in [0, 0.1) is 5.92 Å². The van der Waals surface area contributed by atoms with Crippen LogP contribution in [-0.4, -0.2) is 12.4 Å². The van der Waals surface area contributed by atoms with Crippen molar-refractivity contribution < 1.29 is 26.3 Å². The van der Waals surface area contributed by atoms with Crippen molar-refractivity contribution in [2.75, 3.05) is 0 Å². The van der Waals surface area contributed by atoms with Gasteiger partial charge in [-0.25, -0.2) is 0 Å². The lowest BCUT2D eigenvalue weighted by Gasteiger charge is -2.26. The van der Waals surface area contributed by atoms with E-state index in [4.69, 9.17) is 11.6 Å². The predicted molar refractivity (Wildman–Crippen MR) is 48.5 cm³/mol. The van der Waals surface area contributed by atoms with Crippen molar-refractivity contribution in [3.8, 4) is 0 Å². The molecule has 0 N–H and O–H groups in total. The zero-order valence-electron chi connectivity index (χ0n) is 7.44. The molecular weight excluding hydrogens is 278 g/mol. The van der Waals surface area contributed by atoms with E-state index in [1.165, 1.54) is 11.4 Å². The van der Waals surface area contributed by atoms with E-state index in [1.807, 2.05) is 0 Å². The molecule has 1 heterocycles. The third-order valence-electron chi connectivity index (χ3n) is 1.81. The normalized spacial score (nSPS) is 15.5. The van der Waals surface area contributed by atoms with Crippen LogP contribution in [0.1, 0.15) is 10.3 Å². The lowest BCUT2D eigenvalue weighted by atomic mass is 10.0. The fourth-order valence-corrected chi connectivity index (χ4v) is 2.38. The van der Waals surface area contributed by atoms with Gasteiger partial charge in [-0.1, -0.05) is 6.07 Å². The van der Waals surface area contributed by atoms with Crippen LogP contribution in [0.15, 0.2) is 17.5 Å². The summed E-state index contributed by atoms with van der Waals surface area (Å²) in [6, 6.07) is 2.49. The highest BCUT2D eigenvalue weighted by Gasteiger charge is 2.60. The first-order valence-electron chi connectivity index (χ1n) is 3.95. The van der Waals surface area contributed by atoms with Gasteiger partial charge in [0, 0.05) is 4.88 Å². The van der Waals surface area contributed by atoms with Crippen molar-refractivity contribution in [3.63, 3.8) is 0 Å². The summed E-state index contributed by atoms with van der Waals surface area (Å²) in [5, 5.41) is -0.769. The number of halogens is 7. The minimum absolute atomic E-state index is 0.152. The molecule has 0 aliphatic carbocycles.